The summed E-state index contributed by atoms with van der Waals surface area (Å²) in [6, 6.07) is 40.1. The summed E-state index contributed by atoms with van der Waals surface area (Å²) in [4.78, 5) is 0. The van der Waals surface area contributed by atoms with Crippen LogP contribution in [-0.4, -0.2) is 0 Å². The van der Waals surface area contributed by atoms with Gasteiger partial charge in [0.15, 0.2) is 0 Å². The molecule has 0 aliphatic rings. The molecule has 0 aliphatic carbocycles. The molecule has 0 bridgehead atoms. The Morgan fingerprint density at radius 1 is 0.486 bits per heavy atom. The number of rotatable bonds is 2. The molecule has 0 aliphatic heterocycles. The van der Waals surface area contributed by atoms with Gasteiger partial charge in [0.05, 0.1) is 4.11 Å². The van der Waals surface area contributed by atoms with Gasteiger partial charge in [-0.25, -0.2) is 0 Å². The van der Waals surface area contributed by atoms with Gasteiger partial charge in [-0.3, -0.25) is 0 Å². The molecule has 0 unspecified atom stereocenters. The highest BCUT2D eigenvalue weighted by atomic mass is 32.1. The second-order valence-electron chi connectivity index (χ2n) is 9.43. The molecule has 0 spiro atoms. The Hall–Kier alpha value is -4.46. The summed E-state index contributed by atoms with van der Waals surface area (Å²) in [7, 11) is 0. The fraction of sp³-hybridized carbons (Fsp3) is 0. The minimum Gasteiger partial charge on any atom is -0.135 e. The van der Waals surface area contributed by atoms with Gasteiger partial charge < -0.3 is 0 Å². The number of fused-ring (bicyclic) bond motifs is 7. The van der Waals surface area contributed by atoms with Gasteiger partial charge >= 0.3 is 0 Å². The van der Waals surface area contributed by atoms with Crippen LogP contribution in [0.3, 0.4) is 0 Å². The second-order valence-corrected chi connectivity index (χ2v) is 10.4. The molecule has 0 atom stereocenters. The van der Waals surface area contributed by atoms with E-state index in [0.717, 1.165) is 69.2 Å². The minimum absolute atomic E-state index is 0.0290. The zero-order chi connectivity index (χ0) is 27.0. The van der Waals surface area contributed by atoms with Crippen molar-refractivity contribution in [1.29, 1.82) is 0 Å². The third-order valence-corrected chi connectivity index (χ3v) is 8.59. The molecule has 0 radical (unpaired) electrons. The zero-order valence-corrected chi connectivity index (χ0v) is 20.7. The SMILES string of the molecule is [2H]c1c([2H])c(-c2c3ccccc3c(-c3ccccc3)c3ccccc23)c2c(sc3c4ccccc4ccc32)c1[2H]. The van der Waals surface area contributed by atoms with Gasteiger partial charge in [0.1, 0.15) is 0 Å². The third kappa shape index (κ3) is 3.02. The summed E-state index contributed by atoms with van der Waals surface area (Å²) in [5, 5.41) is 8.55. The van der Waals surface area contributed by atoms with Crippen molar-refractivity contribution in [3.8, 4) is 22.3 Å². The summed E-state index contributed by atoms with van der Waals surface area (Å²) in [6.45, 7) is 0. The van der Waals surface area contributed by atoms with E-state index in [0.29, 0.717) is 0 Å². The van der Waals surface area contributed by atoms with E-state index in [4.69, 9.17) is 2.74 Å². The Morgan fingerprint density at radius 3 is 1.78 bits per heavy atom. The van der Waals surface area contributed by atoms with Crippen molar-refractivity contribution in [3.05, 3.63) is 133 Å². The van der Waals surface area contributed by atoms with Crippen LogP contribution in [0.25, 0.3) is 74.7 Å². The summed E-state index contributed by atoms with van der Waals surface area (Å²) in [6.07, 6.45) is 0. The quantitative estimate of drug-likeness (QED) is 0.212. The molecule has 0 saturated carbocycles. The maximum Gasteiger partial charge on any atom is 0.0638 e. The topological polar surface area (TPSA) is 0 Å². The minimum atomic E-state index is -0.0290. The van der Waals surface area contributed by atoms with Crippen LogP contribution in [0.4, 0.5) is 0 Å². The molecular formula is C36H22S. The summed E-state index contributed by atoms with van der Waals surface area (Å²) < 4.78 is 28.9. The molecule has 1 aromatic heterocycles. The Morgan fingerprint density at radius 2 is 1.08 bits per heavy atom. The second kappa shape index (κ2) is 8.03. The van der Waals surface area contributed by atoms with Crippen molar-refractivity contribution in [2.45, 2.75) is 0 Å². The summed E-state index contributed by atoms with van der Waals surface area (Å²) in [5.41, 5.74) is 4.02. The Kier molecular flexibility index (Phi) is 3.88. The van der Waals surface area contributed by atoms with Crippen LogP contribution in [0.5, 0.6) is 0 Å². The largest absolute Gasteiger partial charge is 0.135 e. The van der Waals surface area contributed by atoms with Gasteiger partial charge in [-0.15, -0.1) is 11.3 Å². The number of hydrogen-bond donors (Lipinski definition) is 0. The van der Waals surface area contributed by atoms with Crippen molar-refractivity contribution < 1.29 is 4.11 Å². The van der Waals surface area contributed by atoms with E-state index >= 15 is 0 Å². The molecule has 1 heteroatoms. The fourth-order valence-corrected chi connectivity index (χ4v) is 7.07. The molecule has 0 N–H and O–H groups in total. The average Bonchev–Trinajstić information content (AvgIpc) is 3.40. The third-order valence-electron chi connectivity index (χ3n) is 7.44. The number of hydrogen-bond acceptors (Lipinski definition) is 1. The lowest BCUT2D eigenvalue weighted by atomic mass is 9.85. The van der Waals surface area contributed by atoms with Crippen molar-refractivity contribution in [2.24, 2.45) is 0 Å². The van der Waals surface area contributed by atoms with Gasteiger partial charge in [-0.1, -0.05) is 127 Å². The first-order valence-corrected chi connectivity index (χ1v) is 13.3. The van der Waals surface area contributed by atoms with E-state index in [1.165, 1.54) is 5.56 Å². The fourth-order valence-electron chi connectivity index (χ4n) is 5.88. The van der Waals surface area contributed by atoms with Crippen molar-refractivity contribution in [3.63, 3.8) is 0 Å². The van der Waals surface area contributed by atoms with Crippen molar-refractivity contribution in [2.75, 3.05) is 0 Å². The molecule has 0 saturated heterocycles. The van der Waals surface area contributed by atoms with Crippen LogP contribution in [-0.2, 0) is 0 Å². The number of benzene rings is 7. The van der Waals surface area contributed by atoms with E-state index in [-0.39, 0.29) is 18.1 Å². The predicted molar refractivity (Wildman–Crippen MR) is 163 cm³/mol. The first kappa shape index (κ1) is 17.9. The molecule has 0 nitrogen and oxygen atoms in total. The maximum absolute atomic E-state index is 9.30. The molecule has 7 aromatic carbocycles. The molecule has 8 rings (SSSR count). The highest BCUT2D eigenvalue weighted by Gasteiger charge is 2.19. The van der Waals surface area contributed by atoms with E-state index in [1.807, 2.05) is 18.2 Å². The van der Waals surface area contributed by atoms with Crippen molar-refractivity contribution >= 4 is 63.8 Å². The van der Waals surface area contributed by atoms with Gasteiger partial charge in [0.2, 0.25) is 0 Å². The predicted octanol–water partition coefficient (Wildman–Crippen LogP) is 10.8. The smallest absolute Gasteiger partial charge is 0.0638 e. The van der Waals surface area contributed by atoms with E-state index in [9.17, 15) is 1.37 Å². The maximum atomic E-state index is 9.30. The summed E-state index contributed by atoms with van der Waals surface area (Å²) >= 11 is 1.57. The average molecular weight is 490 g/mol. The molecule has 0 fully saturated rings. The van der Waals surface area contributed by atoms with Gasteiger partial charge in [-0.05, 0) is 60.6 Å². The molecule has 1 heterocycles. The van der Waals surface area contributed by atoms with Crippen molar-refractivity contribution in [1.82, 2.24) is 0 Å². The first-order chi connectivity index (χ1) is 19.6. The lowest BCUT2D eigenvalue weighted by Crippen LogP contribution is -1.91. The highest BCUT2D eigenvalue weighted by Crippen LogP contribution is 2.48. The molecule has 172 valence electrons. The molecule has 37 heavy (non-hydrogen) atoms. The van der Waals surface area contributed by atoms with Crippen LogP contribution in [0.15, 0.2) is 133 Å². The van der Waals surface area contributed by atoms with E-state index in [1.54, 1.807) is 11.3 Å². The number of thiophene rings is 1. The van der Waals surface area contributed by atoms with Crippen LogP contribution in [0.1, 0.15) is 4.11 Å². The van der Waals surface area contributed by atoms with Gasteiger partial charge in [0.25, 0.3) is 0 Å². The Bertz CT molecular complexity index is 2240. The zero-order valence-electron chi connectivity index (χ0n) is 22.9. The van der Waals surface area contributed by atoms with Crippen LogP contribution >= 0.6 is 11.3 Å². The van der Waals surface area contributed by atoms with Gasteiger partial charge in [-0.2, -0.15) is 0 Å². The van der Waals surface area contributed by atoms with E-state index in [2.05, 4.69) is 97.1 Å². The normalized spacial score (nSPS) is 12.9. The molecule has 0 amide bonds. The summed E-state index contributed by atoms with van der Waals surface area (Å²) in [5.74, 6) is 0. The highest BCUT2D eigenvalue weighted by molar-refractivity contribution is 7.26. The first-order valence-electron chi connectivity index (χ1n) is 14.0. The Labute approximate surface area is 223 Å². The Balaban J connectivity index is 1.63. The molecule has 8 aromatic rings. The lowest BCUT2D eigenvalue weighted by molar-refractivity contribution is 1.67. The lowest BCUT2D eigenvalue weighted by Gasteiger charge is -2.18. The van der Waals surface area contributed by atoms with Crippen LogP contribution < -0.4 is 0 Å². The monoisotopic (exact) mass is 489 g/mol. The molecular weight excluding hydrogens is 464 g/mol. The standard InChI is InChI=1S/C36H22S/c1-2-12-24(13-3-1)33-26-15-6-8-17-28(26)34(29-18-9-7-16-27(29)33)30-19-10-20-32-35(30)31-22-21-23-11-4-5-14-25(23)36(31)37-32/h1-22H/i10D,19D,20D. The van der Waals surface area contributed by atoms with Gasteiger partial charge in [0, 0.05) is 20.2 Å². The van der Waals surface area contributed by atoms with Crippen LogP contribution in [0.2, 0.25) is 0 Å². The van der Waals surface area contributed by atoms with E-state index < -0.39 is 0 Å². The van der Waals surface area contributed by atoms with Crippen LogP contribution in [0, 0.1) is 0 Å².